The fourth-order valence-corrected chi connectivity index (χ4v) is 4.34. The van der Waals surface area contributed by atoms with Gasteiger partial charge in [0.25, 0.3) is 0 Å². The minimum atomic E-state index is -1.10. The summed E-state index contributed by atoms with van der Waals surface area (Å²) in [5.74, 6) is -1.50. The molecule has 0 spiro atoms. The Labute approximate surface area is 169 Å². The van der Waals surface area contributed by atoms with E-state index in [-0.39, 0.29) is 24.3 Å². The van der Waals surface area contributed by atoms with Gasteiger partial charge in [-0.05, 0) is 23.8 Å². The van der Waals surface area contributed by atoms with Gasteiger partial charge in [-0.2, -0.15) is 0 Å². The second kappa shape index (κ2) is 7.92. The molecule has 0 saturated heterocycles. The second-order valence-electron chi connectivity index (χ2n) is 6.76. The van der Waals surface area contributed by atoms with Gasteiger partial charge in [0.1, 0.15) is 6.04 Å². The SMILES string of the molecule is O=C(CCn1c(=O)sc2ccccc21)N[C@@H](Cc1c[nH]c2ccccc12)C(=O)O. The number of carbonyl (C=O) groups excluding carboxylic acids is 1. The zero-order chi connectivity index (χ0) is 20.4. The molecule has 2 aromatic heterocycles. The summed E-state index contributed by atoms with van der Waals surface area (Å²) in [6.45, 7) is 0.202. The van der Waals surface area contributed by atoms with Gasteiger partial charge in [-0.25, -0.2) is 4.79 Å². The van der Waals surface area contributed by atoms with Crippen LogP contribution in [-0.2, 0) is 22.6 Å². The quantitative estimate of drug-likeness (QED) is 0.437. The van der Waals surface area contributed by atoms with Crippen molar-refractivity contribution in [2.45, 2.75) is 25.4 Å². The van der Waals surface area contributed by atoms with Crippen molar-refractivity contribution in [3.63, 3.8) is 0 Å². The molecule has 2 aromatic carbocycles. The summed E-state index contributed by atoms with van der Waals surface area (Å²) in [5.41, 5.74) is 2.53. The van der Waals surface area contributed by atoms with Gasteiger partial charge in [-0.1, -0.05) is 41.7 Å². The van der Waals surface area contributed by atoms with Crippen LogP contribution >= 0.6 is 11.3 Å². The first kappa shape index (κ1) is 18.9. The number of aliphatic carboxylic acids is 1. The van der Waals surface area contributed by atoms with Gasteiger partial charge in [0.15, 0.2) is 0 Å². The van der Waals surface area contributed by atoms with Crippen LogP contribution in [-0.4, -0.2) is 32.6 Å². The fraction of sp³-hybridized carbons (Fsp3) is 0.190. The summed E-state index contributed by atoms with van der Waals surface area (Å²) in [6.07, 6.45) is 1.97. The third-order valence-electron chi connectivity index (χ3n) is 4.87. The lowest BCUT2D eigenvalue weighted by molar-refractivity contribution is -0.141. The van der Waals surface area contributed by atoms with Crippen molar-refractivity contribution in [2.75, 3.05) is 0 Å². The van der Waals surface area contributed by atoms with E-state index in [2.05, 4.69) is 10.3 Å². The number of nitrogens with one attached hydrogen (secondary N) is 2. The van der Waals surface area contributed by atoms with E-state index in [4.69, 9.17) is 0 Å². The summed E-state index contributed by atoms with van der Waals surface area (Å²) in [5, 5.41) is 13.1. The van der Waals surface area contributed by atoms with Crippen molar-refractivity contribution in [2.24, 2.45) is 0 Å². The van der Waals surface area contributed by atoms with Crippen LogP contribution in [0.5, 0.6) is 0 Å². The summed E-state index contributed by atoms with van der Waals surface area (Å²) >= 11 is 1.13. The highest BCUT2D eigenvalue weighted by Crippen LogP contribution is 2.19. The highest BCUT2D eigenvalue weighted by atomic mass is 32.1. The summed E-state index contributed by atoms with van der Waals surface area (Å²) in [7, 11) is 0. The number of thiazole rings is 1. The Bertz CT molecular complexity index is 1250. The highest BCUT2D eigenvalue weighted by Gasteiger charge is 2.22. The largest absolute Gasteiger partial charge is 0.480 e. The fourth-order valence-electron chi connectivity index (χ4n) is 3.43. The number of hydrogen-bond acceptors (Lipinski definition) is 4. The number of benzene rings is 2. The molecule has 29 heavy (non-hydrogen) atoms. The minimum Gasteiger partial charge on any atom is -0.480 e. The van der Waals surface area contributed by atoms with Crippen molar-refractivity contribution in [3.8, 4) is 0 Å². The average Bonchev–Trinajstić information content (AvgIpc) is 3.26. The van der Waals surface area contributed by atoms with Crippen molar-refractivity contribution < 1.29 is 14.7 Å². The van der Waals surface area contributed by atoms with E-state index in [0.29, 0.717) is 0 Å². The molecule has 8 heteroatoms. The van der Waals surface area contributed by atoms with E-state index in [1.807, 2.05) is 48.5 Å². The number of aromatic amines is 1. The van der Waals surface area contributed by atoms with E-state index in [0.717, 1.165) is 38.0 Å². The molecule has 2 heterocycles. The lowest BCUT2D eigenvalue weighted by Gasteiger charge is -2.14. The van der Waals surface area contributed by atoms with Crippen LogP contribution in [0.25, 0.3) is 21.1 Å². The maximum Gasteiger partial charge on any atom is 0.326 e. The molecule has 1 atom stereocenters. The molecule has 4 aromatic rings. The first-order valence-electron chi connectivity index (χ1n) is 9.18. The smallest absolute Gasteiger partial charge is 0.326 e. The summed E-state index contributed by atoms with van der Waals surface area (Å²) < 4.78 is 2.41. The topological polar surface area (TPSA) is 104 Å². The molecule has 0 fully saturated rings. The Morgan fingerprint density at radius 1 is 1.14 bits per heavy atom. The monoisotopic (exact) mass is 409 g/mol. The molecular weight excluding hydrogens is 390 g/mol. The van der Waals surface area contributed by atoms with E-state index in [1.54, 1.807) is 10.8 Å². The van der Waals surface area contributed by atoms with Crippen LogP contribution in [0.1, 0.15) is 12.0 Å². The van der Waals surface area contributed by atoms with Gasteiger partial charge in [-0.15, -0.1) is 0 Å². The van der Waals surface area contributed by atoms with Gasteiger partial charge < -0.3 is 15.4 Å². The number of aryl methyl sites for hydroxylation is 1. The van der Waals surface area contributed by atoms with Gasteiger partial charge in [0.05, 0.1) is 10.2 Å². The Hall–Kier alpha value is -3.39. The zero-order valence-corrected chi connectivity index (χ0v) is 16.2. The van der Waals surface area contributed by atoms with Crippen LogP contribution in [0.3, 0.4) is 0 Å². The number of carboxylic acid groups (broad SMARTS) is 1. The predicted octanol–water partition coefficient (Wildman–Crippen LogP) is 2.75. The van der Waals surface area contributed by atoms with Crippen molar-refractivity contribution in [1.29, 1.82) is 0 Å². The average molecular weight is 409 g/mol. The molecule has 0 bridgehead atoms. The van der Waals surface area contributed by atoms with Gasteiger partial charge in [0, 0.05) is 36.5 Å². The molecule has 0 aliphatic rings. The highest BCUT2D eigenvalue weighted by molar-refractivity contribution is 7.16. The zero-order valence-electron chi connectivity index (χ0n) is 15.4. The van der Waals surface area contributed by atoms with Crippen LogP contribution in [0.2, 0.25) is 0 Å². The molecule has 7 nitrogen and oxygen atoms in total. The Morgan fingerprint density at radius 2 is 1.90 bits per heavy atom. The maximum absolute atomic E-state index is 12.4. The number of carbonyl (C=O) groups is 2. The number of amides is 1. The summed E-state index contributed by atoms with van der Waals surface area (Å²) in [6, 6.07) is 14.0. The maximum atomic E-state index is 12.4. The van der Waals surface area contributed by atoms with Gasteiger partial charge >= 0.3 is 10.8 Å². The van der Waals surface area contributed by atoms with Crippen molar-refractivity contribution in [1.82, 2.24) is 14.9 Å². The first-order chi connectivity index (χ1) is 14.0. The predicted molar refractivity (Wildman–Crippen MR) is 112 cm³/mol. The molecule has 0 radical (unpaired) electrons. The van der Waals surface area contributed by atoms with E-state index < -0.39 is 17.9 Å². The number of hydrogen-bond donors (Lipinski definition) is 3. The third-order valence-corrected chi connectivity index (χ3v) is 5.83. The molecular formula is C21H19N3O4S. The molecule has 0 aliphatic heterocycles. The number of carboxylic acids is 1. The lowest BCUT2D eigenvalue weighted by Crippen LogP contribution is -2.42. The molecule has 4 rings (SSSR count). The van der Waals surface area contributed by atoms with Crippen molar-refractivity contribution >= 4 is 44.3 Å². The van der Waals surface area contributed by atoms with Crippen LogP contribution in [0.4, 0.5) is 0 Å². The van der Waals surface area contributed by atoms with Crippen LogP contribution < -0.4 is 10.2 Å². The normalized spacial score (nSPS) is 12.3. The second-order valence-corrected chi connectivity index (χ2v) is 7.75. The number of nitrogens with zero attached hydrogens (tertiary/aromatic N) is 1. The lowest BCUT2D eigenvalue weighted by atomic mass is 10.0. The molecule has 0 saturated carbocycles. The number of rotatable bonds is 7. The molecule has 1 amide bonds. The van der Waals surface area contributed by atoms with E-state index in [1.165, 1.54) is 0 Å². The number of para-hydroxylation sites is 2. The Kier molecular flexibility index (Phi) is 5.18. The number of aromatic nitrogens is 2. The molecule has 148 valence electrons. The molecule has 0 unspecified atom stereocenters. The van der Waals surface area contributed by atoms with Gasteiger partial charge in [0.2, 0.25) is 5.91 Å². The Morgan fingerprint density at radius 3 is 2.72 bits per heavy atom. The van der Waals surface area contributed by atoms with Crippen molar-refractivity contribution in [3.05, 3.63) is 70.0 Å². The third kappa shape index (κ3) is 3.93. The molecule has 0 aliphatic carbocycles. The Balaban J connectivity index is 1.44. The number of fused-ring (bicyclic) bond motifs is 2. The van der Waals surface area contributed by atoms with E-state index >= 15 is 0 Å². The van der Waals surface area contributed by atoms with Crippen LogP contribution in [0.15, 0.2) is 59.5 Å². The van der Waals surface area contributed by atoms with Gasteiger partial charge in [-0.3, -0.25) is 14.2 Å². The first-order valence-corrected chi connectivity index (χ1v) is 10.00. The summed E-state index contributed by atoms with van der Waals surface area (Å²) in [4.78, 5) is 39.2. The van der Waals surface area contributed by atoms with Crippen LogP contribution in [0, 0.1) is 0 Å². The standard InChI is InChI=1S/C21H19N3O4S/c25-19(9-10-24-17-7-3-4-8-18(17)29-21(24)28)23-16(20(26)27)11-13-12-22-15-6-2-1-5-14(13)15/h1-8,12,16,22H,9-11H2,(H,23,25)(H,26,27)/t16-/m0/s1. The number of H-pyrrole nitrogens is 1. The van der Waals surface area contributed by atoms with E-state index in [9.17, 15) is 19.5 Å². The molecule has 3 N–H and O–H groups in total. The minimum absolute atomic E-state index is 0.0261.